The number of ether oxygens (including phenoxy) is 3. The third-order valence-electron chi connectivity index (χ3n) is 12.0. The molecule has 0 bridgehead atoms. The summed E-state index contributed by atoms with van der Waals surface area (Å²) in [5.41, 5.74) is 0. The van der Waals surface area contributed by atoms with E-state index in [0.717, 1.165) is 96.3 Å². The number of hydrogen-bond acceptors (Lipinski definition) is 10. The summed E-state index contributed by atoms with van der Waals surface area (Å²) in [4.78, 5) is 48.5. The topological polar surface area (TPSA) is 155 Å². The van der Waals surface area contributed by atoms with Crippen LogP contribution < -0.4 is 0 Å². The molecule has 3 atom stereocenters. The second kappa shape index (κ2) is 55.6. The third kappa shape index (κ3) is 53.2. The quantitative estimate of drug-likeness (QED) is 0.0197. The number of unbranched alkanes of at least 4 members (excludes halogenated alkanes) is 20. The average molecular weight is 1060 g/mol. The van der Waals surface area contributed by atoms with Gasteiger partial charge in [0, 0.05) is 19.3 Å². The number of phosphoric ester groups is 1. The fourth-order valence-corrected chi connectivity index (χ4v) is 8.44. The van der Waals surface area contributed by atoms with Crippen molar-refractivity contribution in [3.05, 3.63) is 97.2 Å². The van der Waals surface area contributed by atoms with Crippen LogP contribution in [-0.4, -0.2) is 66.5 Å². The first-order chi connectivity index (χ1) is 36.2. The minimum atomic E-state index is -4.77. The van der Waals surface area contributed by atoms with Gasteiger partial charge in [0.25, 0.3) is 0 Å². The van der Waals surface area contributed by atoms with E-state index >= 15 is 0 Å². The largest absolute Gasteiger partial charge is 0.472 e. The number of aliphatic hydroxyl groups excluding tert-OH is 1. The molecule has 0 heterocycles. The summed E-state index contributed by atoms with van der Waals surface area (Å²) in [7, 11) is -4.77. The maximum atomic E-state index is 12.9. The van der Waals surface area contributed by atoms with Crippen LogP contribution in [-0.2, 0) is 42.2 Å². The minimum Gasteiger partial charge on any atom is -0.462 e. The van der Waals surface area contributed by atoms with Gasteiger partial charge in [0.1, 0.15) is 12.7 Å². The molecule has 424 valence electrons. The molecule has 0 aromatic rings. The van der Waals surface area contributed by atoms with Crippen molar-refractivity contribution in [2.24, 2.45) is 0 Å². The second-order valence-corrected chi connectivity index (χ2v) is 20.5. The minimum absolute atomic E-state index is 0.0515. The summed E-state index contributed by atoms with van der Waals surface area (Å²) in [6.45, 7) is 4.32. The number of carbonyl (C=O) groups excluding carboxylic acids is 3. The van der Waals surface area contributed by atoms with Crippen LogP contribution in [0.3, 0.4) is 0 Å². The molecule has 0 spiro atoms. The Morgan fingerprint density at radius 2 is 0.730 bits per heavy atom. The zero-order valence-corrected chi connectivity index (χ0v) is 47.7. The first-order valence-corrected chi connectivity index (χ1v) is 30.6. The van der Waals surface area contributed by atoms with Gasteiger partial charge in [-0.15, -0.1) is 0 Å². The Hall–Kier alpha value is -3.60. The van der Waals surface area contributed by atoms with Crippen molar-refractivity contribution in [3.8, 4) is 0 Å². The lowest BCUT2D eigenvalue weighted by atomic mass is 10.0. The van der Waals surface area contributed by atoms with Crippen molar-refractivity contribution in [2.75, 3.05) is 26.4 Å². The molecule has 12 heteroatoms. The first-order valence-electron chi connectivity index (χ1n) is 29.1. The number of aliphatic hydroxyl groups is 1. The van der Waals surface area contributed by atoms with Crippen LogP contribution in [0, 0.1) is 0 Å². The summed E-state index contributed by atoms with van der Waals surface area (Å²) >= 11 is 0. The SMILES string of the molecule is CC/C=C\C/C=C\C/C=C\C/C=C\CCCCCCC(=O)OCC(COP(=O)(O)OCC(CO)OC(=O)CC/C=C\C/C=C\C/C=C\C/C=C\CC)OC(=O)CCCCCCCCCCCCCCCCCCC. The number of esters is 3. The van der Waals surface area contributed by atoms with Crippen LogP contribution in [0.5, 0.6) is 0 Å². The molecule has 0 amide bonds. The lowest BCUT2D eigenvalue weighted by Gasteiger charge is -2.21. The summed E-state index contributed by atoms with van der Waals surface area (Å²) in [5.74, 6) is -1.58. The molecular formula is C62H105O11P. The van der Waals surface area contributed by atoms with E-state index in [-0.39, 0.29) is 25.9 Å². The molecule has 0 aliphatic rings. The molecule has 0 fully saturated rings. The zero-order valence-electron chi connectivity index (χ0n) is 46.8. The van der Waals surface area contributed by atoms with Gasteiger partial charge in [0.05, 0.1) is 19.8 Å². The van der Waals surface area contributed by atoms with Gasteiger partial charge in [0.2, 0.25) is 0 Å². The Kier molecular flexibility index (Phi) is 52.9. The van der Waals surface area contributed by atoms with E-state index in [1.165, 1.54) is 83.5 Å². The van der Waals surface area contributed by atoms with Gasteiger partial charge < -0.3 is 24.2 Å². The number of carbonyl (C=O) groups is 3. The molecule has 0 aliphatic heterocycles. The van der Waals surface area contributed by atoms with Gasteiger partial charge in [-0.25, -0.2) is 4.57 Å². The van der Waals surface area contributed by atoms with Crippen LogP contribution in [0.1, 0.15) is 239 Å². The van der Waals surface area contributed by atoms with E-state index in [9.17, 15) is 28.9 Å². The lowest BCUT2D eigenvalue weighted by Crippen LogP contribution is -2.30. The molecule has 0 radical (unpaired) electrons. The summed E-state index contributed by atoms with van der Waals surface area (Å²) < 4.78 is 39.4. The Morgan fingerprint density at radius 1 is 0.392 bits per heavy atom. The average Bonchev–Trinajstić information content (AvgIpc) is 3.39. The molecule has 0 aromatic carbocycles. The van der Waals surface area contributed by atoms with E-state index in [1.54, 1.807) is 0 Å². The first kappa shape index (κ1) is 70.4. The predicted molar refractivity (Wildman–Crippen MR) is 307 cm³/mol. The van der Waals surface area contributed by atoms with E-state index in [2.05, 4.69) is 106 Å². The van der Waals surface area contributed by atoms with Crippen LogP contribution >= 0.6 is 7.82 Å². The Labute approximate surface area is 451 Å². The smallest absolute Gasteiger partial charge is 0.462 e. The number of allylic oxidation sites excluding steroid dienone is 16. The molecule has 0 aliphatic carbocycles. The van der Waals surface area contributed by atoms with Gasteiger partial charge in [0.15, 0.2) is 6.10 Å². The van der Waals surface area contributed by atoms with Gasteiger partial charge in [-0.2, -0.15) is 0 Å². The number of phosphoric acid groups is 1. The standard InChI is InChI=1S/C62H105O11P/c1-4-7-10-13-16-19-22-25-27-29-31-34-36-39-42-45-48-51-60(64)69-55-59(73-62(66)53-50-47-44-41-38-35-32-30-28-26-23-20-17-14-11-8-5-2)57-71-74(67,68)70-56-58(54-63)72-61(65)52-49-46-43-40-37-33-24-21-18-15-12-9-6-3/h7,9-10,12,16,18-19,21,25,27,31,33-34,37,43,46,58-59,63H,4-6,8,11,13-15,17,20,22-24,26,28-30,32,35-36,38-42,44-45,47-57H2,1-3H3,(H,67,68)/b10-7-,12-9-,19-16-,21-18-,27-25-,34-31-,37-33-,46-43-. The summed E-state index contributed by atoms with van der Waals surface area (Å²) in [5, 5.41) is 9.79. The van der Waals surface area contributed by atoms with Crippen LogP contribution in [0.2, 0.25) is 0 Å². The van der Waals surface area contributed by atoms with Crippen LogP contribution in [0.15, 0.2) is 97.2 Å². The van der Waals surface area contributed by atoms with Gasteiger partial charge in [-0.3, -0.25) is 23.4 Å². The molecule has 0 rings (SSSR count). The maximum Gasteiger partial charge on any atom is 0.472 e. The van der Waals surface area contributed by atoms with Gasteiger partial charge in [-0.1, -0.05) is 234 Å². The van der Waals surface area contributed by atoms with Crippen molar-refractivity contribution in [2.45, 2.75) is 251 Å². The molecule has 0 aromatic heterocycles. The normalized spacial score (nSPS) is 14.1. The lowest BCUT2D eigenvalue weighted by molar-refractivity contribution is -0.161. The Bertz CT molecular complexity index is 1610. The van der Waals surface area contributed by atoms with Crippen molar-refractivity contribution in [1.29, 1.82) is 0 Å². The van der Waals surface area contributed by atoms with Gasteiger partial charge in [-0.05, 0) is 83.5 Å². The zero-order chi connectivity index (χ0) is 54.1. The summed E-state index contributed by atoms with van der Waals surface area (Å²) in [6.07, 6.45) is 65.3. The molecule has 11 nitrogen and oxygen atoms in total. The highest BCUT2D eigenvalue weighted by atomic mass is 31.2. The molecule has 3 unspecified atom stereocenters. The van der Waals surface area contributed by atoms with E-state index in [4.69, 9.17) is 23.3 Å². The summed E-state index contributed by atoms with van der Waals surface area (Å²) in [6, 6.07) is 0. The number of rotatable bonds is 53. The van der Waals surface area contributed by atoms with E-state index in [0.29, 0.717) is 19.3 Å². The van der Waals surface area contributed by atoms with Crippen LogP contribution in [0.25, 0.3) is 0 Å². The Morgan fingerprint density at radius 3 is 1.16 bits per heavy atom. The predicted octanol–water partition coefficient (Wildman–Crippen LogP) is 17.3. The highest BCUT2D eigenvalue weighted by Crippen LogP contribution is 2.43. The maximum absolute atomic E-state index is 12.9. The number of hydrogen-bond donors (Lipinski definition) is 2. The molecule has 2 N–H and O–H groups in total. The monoisotopic (exact) mass is 1060 g/mol. The fraction of sp³-hybridized carbons (Fsp3) is 0.694. The van der Waals surface area contributed by atoms with Gasteiger partial charge >= 0.3 is 25.7 Å². The third-order valence-corrected chi connectivity index (χ3v) is 13.0. The highest BCUT2D eigenvalue weighted by molar-refractivity contribution is 7.47. The molecule has 74 heavy (non-hydrogen) atoms. The van der Waals surface area contributed by atoms with E-state index in [1.807, 2.05) is 12.2 Å². The van der Waals surface area contributed by atoms with Crippen molar-refractivity contribution in [1.82, 2.24) is 0 Å². The second-order valence-electron chi connectivity index (χ2n) is 19.0. The highest BCUT2D eigenvalue weighted by Gasteiger charge is 2.28. The van der Waals surface area contributed by atoms with E-state index < -0.39 is 57.8 Å². The molecule has 0 saturated carbocycles. The fourth-order valence-electron chi connectivity index (χ4n) is 7.66. The Balaban J connectivity index is 4.81. The van der Waals surface area contributed by atoms with Crippen molar-refractivity contribution < 1.29 is 52.2 Å². The van der Waals surface area contributed by atoms with Crippen molar-refractivity contribution in [3.63, 3.8) is 0 Å². The van der Waals surface area contributed by atoms with Crippen molar-refractivity contribution >= 4 is 25.7 Å². The molecule has 0 saturated heterocycles. The van der Waals surface area contributed by atoms with Crippen LogP contribution in [0.4, 0.5) is 0 Å². The molecular weight excluding hydrogens is 952 g/mol.